The fourth-order valence-electron chi connectivity index (χ4n) is 1.64. The number of hydrogen-bond acceptors (Lipinski definition) is 4. The van der Waals surface area contributed by atoms with Crippen molar-refractivity contribution in [3.8, 4) is 0 Å². The SMILES string of the molecule is CCc1nc2ccc(CC(N)C(=O)O)cc2s1. The maximum atomic E-state index is 10.7. The van der Waals surface area contributed by atoms with E-state index in [0.717, 1.165) is 27.2 Å². The standard InChI is InChI=1S/C12H14N2O2S/c1-2-11-14-9-4-3-7(6-10(9)17-11)5-8(13)12(15)16/h3-4,6,8H,2,5,13H2,1H3,(H,15,16). The number of rotatable bonds is 4. The van der Waals surface area contributed by atoms with E-state index in [9.17, 15) is 4.79 Å². The summed E-state index contributed by atoms with van der Waals surface area (Å²) in [6.07, 6.45) is 1.27. The van der Waals surface area contributed by atoms with Gasteiger partial charge in [-0.2, -0.15) is 0 Å². The third-order valence-corrected chi connectivity index (χ3v) is 3.73. The second-order valence-electron chi connectivity index (χ2n) is 3.91. The number of benzene rings is 1. The highest BCUT2D eigenvalue weighted by molar-refractivity contribution is 7.18. The zero-order valence-corrected chi connectivity index (χ0v) is 10.3. The van der Waals surface area contributed by atoms with Gasteiger partial charge in [0.05, 0.1) is 15.2 Å². The molecule has 0 amide bonds. The van der Waals surface area contributed by atoms with Crippen molar-refractivity contribution in [1.82, 2.24) is 4.98 Å². The third-order valence-electron chi connectivity index (χ3n) is 2.57. The number of carboxylic acids is 1. The molecule has 0 spiro atoms. The summed E-state index contributed by atoms with van der Waals surface area (Å²) in [5.41, 5.74) is 7.43. The molecule has 17 heavy (non-hydrogen) atoms. The predicted octanol–water partition coefficient (Wildman–Crippen LogP) is 1.81. The summed E-state index contributed by atoms with van der Waals surface area (Å²) in [5.74, 6) is -0.969. The molecule has 1 aromatic heterocycles. The van der Waals surface area contributed by atoms with Crippen molar-refractivity contribution in [2.24, 2.45) is 5.73 Å². The fourth-order valence-corrected chi connectivity index (χ4v) is 2.61. The Morgan fingerprint density at radius 3 is 3.00 bits per heavy atom. The van der Waals surface area contributed by atoms with Gasteiger partial charge in [0.1, 0.15) is 6.04 Å². The average molecular weight is 250 g/mol. The molecule has 2 aromatic rings. The highest BCUT2D eigenvalue weighted by Gasteiger charge is 2.12. The van der Waals surface area contributed by atoms with Crippen molar-refractivity contribution in [3.05, 3.63) is 28.8 Å². The zero-order chi connectivity index (χ0) is 12.4. The van der Waals surface area contributed by atoms with Gasteiger partial charge in [0.15, 0.2) is 0 Å². The van der Waals surface area contributed by atoms with Crippen LogP contribution in [-0.4, -0.2) is 22.1 Å². The van der Waals surface area contributed by atoms with Gasteiger partial charge in [-0.1, -0.05) is 13.0 Å². The van der Waals surface area contributed by atoms with Crippen LogP contribution in [0.2, 0.25) is 0 Å². The van der Waals surface area contributed by atoms with Crippen LogP contribution in [0.3, 0.4) is 0 Å². The summed E-state index contributed by atoms with van der Waals surface area (Å²) in [4.78, 5) is 15.1. The van der Waals surface area contributed by atoms with E-state index in [2.05, 4.69) is 11.9 Å². The van der Waals surface area contributed by atoms with Crippen molar-refractivity contribution < 1.29 is 9.90 Å². The van der Waals surface area contributed by atoms with Gasteiger partial charge < -0.3 is 10.8 Å². The van der Waals surface area contributed by atoms with Crippen LogP contribution in [0.4, 0.5) is 0 Å². The van der Waals surface area contributed by atoms with Crippen LogP contribution in [0.5, 0.6) is 0 Å². The van der Waals surface area contributed by atoms with Gasteiger partial charge in [-0.05, 0) is 30.5 Å². The molecule has 1 atom stereocenters. The van der Waals surface area contributed by atoms with Crippen LogP contribution in [-0.2, 0) is 17.6 Å². The first-order valence-corrected chi connectivity index (χ1v) is 6.28. The van der Waals surface area contributed by atoms with Gasteiger partial charge in [-0.25, -0.2) is 4.98 Å². The maximum absolute atomic E-state index is 10.7. The molecule has 0 saturated carbocycles. The Balaban J connectivity index is 2.27. The van der Waals surface area contributed by atoms with Crippen LogP contribution < -0.4 is 5.73 Å². The Morgan fingerprint density at radius 1 is 1.59 bits per heavy atom. The molecule has 5 heteroatoms. The number of aromatic nitrogens is 1. The third kappa shape index (κ3) is 2.62. The Bertz CT molecular complexity index is 550. The average Bonchev–Trinajstić information content (AvgIpc) is 2.70. The van der Waals surface area contributed by atoms with Crippen LogP contribution >= 0.6 is 11.3 Å². The number of nitrogens with two attached hydrogens (primary N) is 1. The highest BCUT2D eigenvalue weighted by atomic mass is 32.1. The lowest BCUT2D eigenvalue weighted by molar-refractivity contribution is -0.138. The molecule has 0 radical (unpaired) electrons. The lowest BCUT2D eigenvalue weighted by Crippen LogP contribution is -2.32. The smallest absolute Gasteiger partial charge is 0.320 e. The molecular weight excluding hydrogens is 236 g/mol. The minimum absolute atomic E-state index is 0.352. The molecule has 0 aliphatic carbocycles. The monoisotopic (exact) mass is 250 g/mol. The predicted molar refractivity (Wildman–Crippen MR) is 68.3 cm³/mol. The van der Waals surface area contributed by atoms with Crippen LogP contribution in [0.25, 0.3) is 10.2 Å². The van der Waals surface area contributed by atoms with Crippen molar-refractivity contribution >= 4 is 27.5 Å². The second-order valence-corrected chi connectivity index (χ2v) is 5.03. The van der Waals surface area contributed by atoms with Crippen LogP contribution in [0.1, 0.15) is 17.5 Å². The summed E-state index contributed by atoms with van der Waals surface area (Å²) in [5, 5.41) is 9.86. The number of aliphatic carboxylic acids is 1. The number of carbonyl (C=O) groups is 1. The molecule has 0 aliphatic rings. The van der Waals surface area contributed by atoms with Crippen molar-refractivity contribution in [1.29, 1.82) is 0 Å². The molecule has 3 N–H and O–H groups in total. The maximum Gasteiger partial charge on any atom is 0.320 e. The lowest BCUT2D eigenvalue weighted by atomic mass is 10.1. The molecular formula is C12H14N2O2S. The quantitative estimate of drug-likeness (QED) is 0.867. The molecule has 2 rings (SSSR count). The van der Waals surface area contributed by atoms with E-state index in [1.165, 1.54) is 0 Å². The van der Waals surface area contributed by atoms with Gasteiger partial charge in [-0.3, -0.25) is 4.79 Å². The number of thiazole rings is 1. The summed E-state index contributed by atoms with van der Waals surface area (Å²) >= 11 is 1.65. The Labute approximate surface area is 103 Å². The molecule has 90 valence electrons. The molecule has 0 fully saturated rings. The van der Waals surface area contributed by atoms with E-state index in [4.69, 9.17) is 10.8 Å². The zero-order valence-electron chi connectivity index (χ0n) is 9.51. The van der Waals surface area contributed by atoms with Gasteiger partial charge in [0.2, 0.25) is 0 Å². The first-order valence-electron chi connectivity index (χ1n) is 5.47. The molecule has 0 aliphatic heterocycles. The molecule has 1 heterocycles. The molecule has 0 saturated heterocycles. The van der Waals surface area contributed by atoms with Crippen molar-refractivity contribution in [3.63, 3.8) is 0 Å². The molecule has 0 bridgehead atoms. The van der Waals surface area contributed by atoms with Gasteiger partial charge >= 0.3 is 5.97 Å². The number of fused-ring (bicyclic) bond motifs is 1. The summed E-state index contributed by atoms with van der Waals surface area (Å²) in [6, 6.07) is 4.96. The Morgan fingerprint density at radius 2 is 2.35 bits per heavy atom. The Hall–Kier alpha value is -1.46. The normalized spacial score (nSPS) is 12.8. The largest absolute Gasteiger partial charge is 0.480 e. The van der Waals surface area contributed by atoms with Gasteiger partial charge in [-0.15, -0.1) is 11.3 Å². The van der Waals surface area contributed by atoms with E-state index < -0.39 is 12.0 Å². The molecule has 1 unspecified atom stereocenters. The Kier molecular flexibility index (Phi) is 3.40. The first kappa shape index (κ1) is 12.0. The van der Waals surface area contributed by atoms with Crippen molar-refractivity contribution in [2.45, 2.75) is 25.8 Å². The van der Waals surface area contributed by atoms with E-state index in [1.807, 2.05) is 18.2 Å². The fraction of sp³-hybridized carbons (Fsp3) is 0.333. The van der Waals surface area contributed by atoms with Crippen LogP contribution in [0.15, 0.2) is 18.2 Å². The van der Waals surface area contributed by atoms with E-state index in [1.54, 1.807) is 11.3 Å². The minimum Gasteiger partial charge on any atom is -0.480 e. The topological polar surface area (TPSA) is 76.2 Å². The van der Waals surface area contributed by atoms with Gasteiger partial charge in [0, 0.05) is 0 Å². The molecule has 4 nitrogen and oxygen atoms in total. The second kappa shape index (κ2) is 4.81. The summed E-state index contributed by atoms with van der Waals surface area (Å²) in [7, 11) is 0. The highest BCUT2D eigenvalue weighted by Crippen LogP contribution is 2.23. The summed E-state index contributed by atoms with van der Waals surface area (Å²) < 4.78 is 1.09. The van der Waals surface area contributed by atoms with Crippen LogP contribution in [0, 0.1) is 0 Å². The van der Waals surface area contributed by atoms with E-state index in [0.29, 0.717) is 6.42 Å². The number of nitrogens with zero attached hydrogens (tertiary/aromatic N) is 1. The summed E-state index contributed by atoms with van der Waals surface area (Å²) in [6.45, 7) is 2.07. The number of carboxylic acid groups (broad SMARTS) is 1. The van der Waals surface area contributed by atoms with Gasteiger partial charge in [0.25, 0.3) is 0 Å². The van der Waals surface area contributed by atoms with E-state index >= 15 is 0 Å². The minimum atomic E-state index is -0.969. The lowest BCUT2D eigenvalue weighted by Gasteiger charge is -2.05. The van der Waals surface area contributed by atoms with Crippen molar-refractivity contribution in [2.75, 3.05) is 0 Å². The first-order chi connectivity index (χ1) is 8.10. The number of aryl methyl sites for hydroxylation is 1. The van der Waals surface area contributed by atoms with E-state index in [-0.39, 0.29) is 0 Å². The molecule has 1 aromatic carbocycles. The number of hydrogen-bond donors (Lipinski definition) is 2.